The third-order valence-electron chi connectivity index (χ3n) is 9.26. The molecule has 0 spiro atoms. The van der Waals surface area contributed by atoms with Gasteiger partial charge in [0, 0.05) is 18.3 Å². The summed E-state index contributed by atoms with van der Waals surface area (Å²) in [5.41, 5.74) is 0.0195. The van der Waals surface area contributed by atoms with Gasteiger partial charge in [-0.05, 0) is 86.9 Å². The van der Waals surface area contributed by atoms with Gasteiger partial charge in [-0.15, -0.1) is 0 Å². The van der Waals surface area contributed by atoms with Gasteiger partial charge in [0.2, 0.25) is 0 Å². The summed E-state index contributed by atoms with van der Waals surface area (Å²) in [5, 5.41) is 11.1. The van der Waals surface area contributed by atoms with Crippen LogP contribution in [-0.2, 0) is 14.3 Å². The largest absolute Gasteiger partial charge is 0.466 e. The Labute approximate surface area is 163 Å². The van der Waals surface area contributed by atoms with Crippen molar-refractivity contribution in [3.63, 3.8) is 0 Å². The predicted molar refractivity (Wildman–Crippen MR) is 103 cm³/mol. The molecule has 1 N–H and O–H groups in total. The van der Waals surface area contributed by atoms with E-state index in [9.17, 15) is 14.7 Å². The number of carbonyl (C=O) groups is 2. The average Bonchev–Trinajstić information content (AvgIpc) is 2.92. The minimum atomic E-state index is -0.292. The molecule has 8 atom stereocenters. The molecular formula is C23H36O4. The van der Waals surface area contributed by atoms with Crippen molar-refractivity contribution in [1.82, 2.24) is 0 Å². The van der Waals surface area contributed by atoms with E-state index < -0.39 is 0 Å². The zero-order chi connectivity index (χ0) is 19.4. The molecule has 4 fully saturated rings. The SMILES string of the molecule is CCOC(=O)C[C@H]1CC[C@@]2(C)C(C1)C(O)CC1C2CC[C@]2(C)C(=O)CCC12. The highest BCUT2D eigenvalue weighted by Gasteiger charge is 2.62. The second-order valence-corrected chi connectivity index (χ2v) is 10.4. The third kappa shape index (κ3) is 2.97. The monoisotopic (exact) mass is 376 g/mol. The number of rotatable bonds is 3. The topological polar surface area (TPSA) is 63.6 Å². The number of ketones is 1. The number of esters is 1. The lowest BCUT2D eigenvalue weighted by Gasteiger charge is -2.61. The number of hydrogen-bond acceptors (Lipinski definition) is 4. The van der Waals surface area contributed by atoms with Crippen LogP contribution in [0.3, 0.4) is 0 Å². The lowest BCUT2D eigenvalue weighted by molar-refractivity contribution is -0.167. The molecule has 0 aliphatic heterocycles. The van der Waals surface area contributed by atoms with Crippen LogP contribution >= 0.6 is 0 Å². The molecule has 0 aromatic carbocycles. The summed E-state index contributed by atoms with van der Waals surface area (Å²) in [7, 11) is 0. The molecule has 0 saturated heterocycles. The smallest absolute Gasteiger partial charge is 0.306 e. The van der Waals surface area contributed by atoms with E-state index in [2.05, 4.69) is 13.8 Å². The van der Waals surface area contributed by atoms with Crippen LogP contribution in [0.15, 0.2) is 0 Å². The first-order chi connectivity index (χ1) is 12.8. The molecule has 0 aromatic rings. The van der Waals surface area contributed by atoms with Gasteiger partial charge in [-0.1, -0.05) is 13.8 Å². The fourth-order valence-corrected chi connectivity index (χ4v) is 7.79. The van der Waals surface area contributed by atoms with Crippen LogP contribution in [0.1, 0.15) is 78.6 Å². The van der Waals surface area contributed by atoms with E-state index in [0.29, 0.717) is 42.5 Å². The maximum absolute atomic E-state index is 12.5. The van der Waals surface area contributed by atoms with Gasteiger partial charge in [0.25, 0.3) is 0 Å². The van der Waals surface area contributed by atoms with Crippen molar-refractivity contribution in [3.05, 3.63) is 0 Å². The summed E-state index contributed by atoms with van der Waals surface area (Å²) >= 11 is 0. The first-order valence-electron chi connectivity index (χ1n) is 11.2. The van der Waals surface area contributed by atoms with E-state index in [1.54, 1.807) is 0 Å². The quantitative estimate of drug-likeness (QED) is 0.752. The van der Waals surface area contributed by atoms with E-state index in [1.165, 1.54) is 0 Å². The number of ether oxygens (including phenoxy) is 1. The van der Waals surface area contributed by atoms with Crippen LogP contribution in [0.25, 0.3) is 0 Å². The number of hydrogen-bond donors (Lipinski definition) is 1. The van der Waals surface area contributed by atoms with Crippen molar-refractivity contribution in [2.75, 3.05) is 6.61 Å². The van der Waals surface area contributed by atoms with E-state index in [-0.39, 0.29) is 28.8 Å². The normalized spacial score (nSPS) is 49.1. The van der Waals surface area contributed by atoms with Crippen LogP contribution < -0.4 is 0 Å². The van der Waals surface area contributed by atoms with Crippen molar-refractivity contribution in [3.8, 4) is 0 Å². The van der Waals surface area contributed by atoms with Gasteiger partial charge in [0.15, 0.2) is 0 Å². The summed E-state index contributed by atoms with van der Waals surface area (Å²) in [4.78, 5) is 24.5. The Morgan fingerprint density at radius 2 is 1.89 bits per heavy atom. The average molecular weight is 377 g/mol. The van der Waals surface area contributed by atoms with Crippen molar-refractivity contribution >= 4 is 11.8 Å². The highest BCUT2D eigenvalue weighted by Crippen LogP contribution is 2.66. The Morgan fingerprint density at radius 1 is 1.11 bits per heavy atom. The second-order valence-electron chi connectivity index (χ2n) is 10.4. The molecule has 4 saturated carbocycles. The van der Waals surface area contributed by atoms with Crippen LogP contribution in [0, 0.1) is 40.4 Å². The van der Waals surface area contributed by atoms with Crippen LogP contribution in [-0.4, -0.2) is 29.6 Å². The van der Waals surface area contributed by atoms with E-state index in [4.69, 9.17) is 4.74 Å². The van der Waals surface area contributed by atoms with Crippen molar-refractivity contribution in [2.45, 2.75) is 84.7 Å². The van der Waals surface area contributed by atoms with Crippen LogP contribution in [0.4, 0.5) is 0 Å². The van der Waals surface area contributed by atoms with Crippen molar-refractivity contribution < 1.29 is 19.4 Å². The third-order valence-corrected chi connectivity index (χ3v) is 9.26. The molecule has 4 aliphatic carbocycles. The number of fused-ring (bicyclic) bond motifs is 5. The fraction of sp³-hybridized carbons (Fsp3) is 0.913. The molecule has 0 radical (unpaired) electrons. The maximum Gasteiger partial charge on any atom is 0.306 e. The minimum absolute atomic E-state index is 0.0906. The Kier molecular flexibility index (Phi) is 4.93. The van der Waals surface area contributed by atoms with E-state index in [1.807, 2.05) is 6.92 Å². The summed E-state index contributed by atoms with van der Waals surface area (Å²) < 4.78 is 5.15. The molecule has 0 heterocycles. The summed E-state index contributed by atoms with van der Waals surface area (Å²) in [5.74, 6) is 2.58. The summed E-state index contributed by atoms with van der Waals surface area (Å²) in [6.07, 6.45) is 8.08. The summed E-state index contributed by atoms with van der Waals surface area (Å²) in [6.45, 7) is 6.89. The maximum atomic E-state index is 12.5. The van der Waals surface area contributed by atoms with Gasteiger partial charge in [-0.3, -0.25) is 9.59 Å². The highest BCUT2D eigenvalue weighted by atomic mass is 16.5. The van der Waals surface area contributed by atoms with Gasteiger partial charge in [0.05, 0.1) is 12.7 Å². The lowest BCUT2D eigenvalue weighted by atomic mass is 9.44. The zero-order valence-corrected chi connectivity index (χ0v) is 17.2. The zero-order valence-electron chi connectivity index (χ0n) is 17.2. The molecule has 0 bridgehead atoms. The first-order valence-corrected chi connectivity index (χ1v) is 11.2. The number of aliphatic hydroxyl groups excluding tert-OH is 1. The van der Waals surface area contributed by atoms with Gasteiger partial charge >= 0.3 is 5.97 Å². The molecule has 27 heavy (non-hydrogen) atoms. The number of carbonyl (C=O) groups excluding carboxylic acids is 2. The van der Waals surface area contributed by atoms with Gasteiger partial charge < -0.3 is 9.84 Å². The Bertz CT molecular complexity index is 615. The Hall–Kier alpha value is -0.900. The Morgan fingerprint density at radius 3 is 2.63 bits per heavy atom. The van der Waals surface area contributed by atoms with Crippen molar-refractivity contribution in [1.29, 1.82) is 0 Å². The molecule has 0 amide bonds. The molecule has 4 aliphatic rings. The number of Topliss-reactive ketones (excluding diaryl/α,β-unsaturated/α-hetero) is 1. The predicted octanol–water partition coefficient (Wildman–Crippen LogP) is 4.14. The molecular weight excluding hydrogens is 340 g/mol. The van der Waals surface area contributed by atoms with Gasteiger partial charge in [-0.2, -0.15) is 0 Å². The molecule has 0 aromatic heterocycles. The molecule has 152 valence electrons. The van der Waals surface area contributed by atoms with Crippen molar-refractivity contribution in [2.24, 2.45) is 40.4 Å². The Balaban J connectivity index is 1.52. The highest BCUT2D eigenvalue weighted by molar-refractivity contribution is 5.87. The van der Waals surface area contributed by atoms with Crippen LogP contribution in [0.2, 0.25) is 0 Å². The van der Waals surface area contributed by atoms with Gasteiger partial charge in [0.1, 0.15) is 5.78 Å². The molecule has 4 rings (SSSR count). The molecule has 5 unspecified atom stereocenters. The summed E-state index contributed by atoms with van der Waals surface area (Å²) in [6, 6.07) is 0. The van der Waals surface area contributed by atoms with Crippen LogP contribution in [0.5, 0.6) is 0 Å². The molecule has 4 nitrogen and oxygen atoms in total. The first kappa shape index (κ1) is 19.4. The molecule has 4 heteroatoms. The van der Waals surface area contributed by atoms with E-state index >= 15 is 0 Å². The van der Waals surface area contributed by atoms with Gasteiger partial charge in [-0.25, -0.2) is 0 Å². The second kappa shape index (κ2) is 6.86. The lowest BCUT2D eigenvalue weighted by Crippen LogP contribution is -2.57. The number of aliphatic hydroxyl groups is 1. The fourth-order valence-electron chi connectivity index (χ4n) is 7.79. The van der Waals surface area contributed by atoms with E-state index in [0.717, 1.165) is 51.4 Å². The minimum Gasteiger partial charge on any atom is -0.466 e. The standard InChI is InChI=1S/C23H36O4/c1-4-27-21(26)12-14-7-9-22(2)17-8-10-23(3)16(5-6-20(23)25)15(17)13-19(24)18(22)11-14/h14-19,24H,4-13H2,1-3H3/t14-,15?,16?,17?,18?,19?,22+,23-/m0/s1.